The summed E-state index contributed by atoms with van der Waals surface area (Å²) >= 11 is 6.02. The van der Waals surface area contributed by atoms with E-state index >= 15 is 0 Å². The van der Waals surface area contributed by atoms with Gasteiger partial charge in [0.15, 0.2) is 11.3 Å². The van der Waals surface area contributed by atoms with Crippen molar-refractivity contribution in [2.24, 2.45) is 10.2 Å². The fourth-order valence-electron chi connectivity index (χ4n) is 2.40. The zero-order valence-electron chi connectivity index (χ0n) is 14.6. The van der Waals surface area contributed by atoms with Crippen LogP contribution in [0, 0.1) is 0 Å². The van der Waals surface area contributed by atoms with Crippen molar-refractivity contribution in [2.45, 2.75) is 26.2 Å². The first-order valence-corrected chi connectivity index (χ1v) is 8.06. The van der Waals surface area contributed by atoms with Gasteiger partial charge >= 0.3 is 5.97 Å². The van der Waals surface area contributed by atoms with Gasteiger partial charge in [-0.15, -0.1) is 15.3 Å². The monoisotopic (exact) mass is 376 g/mol. The Bertz CT molecular complexity index is 1020. The molecule has 9 nitrogen and oxygen atoms in total. The minimum atomic E-state index is -1.20. The van der Waals surface area contributed by atoms with E-state index in [-0.39, 0.29) is 5.82 Å². The lowest BCUT2D eigenvalue weighted by Gasteiger charge is -2.15. The zero-order chi connectivity index (χ0) is 19.1. The van der Waals surface area contributed by atoms with Gasteiger partial charge in [0.2, 0.25) is 0 Å². The highest BCUT2D eigenvalue weighted by Gasteiger charge is 2.28. The number of carboxylic acids is 1. The summed E-state index contributed by atoms with van der Waals surface area (Å²) in [5, 5.41) is 29.1. The number of aromatic carboxylic acids is 1. The molecule has 0 saturated carbocycles. The van der Waals surface area contributed by atoms with Crippen LogP contribution < -0.4 is 4.74 Å². The first-order chi connectivity index (χ1) is 12.2. The highest BCUT2D eigenvalue weighted by Crippen LogP contribution is 2.37. The Morgan fingerprint density at radius 2 is 2.08 bits per heavy atom. The van der Waals surface area contributed by atoms with Crippen LogP contribution in [-0.4, -0.2) is 38.0 Å². The number of azo groups is 1. The van der Waals surface area contributed by atoms with Crippen LogP contribution in [0.15, 0.2) is 28.4 Å². The van der Waals surface area contributed by atoms with Gasteiger partial charge in [-0.25, -0.2) is 4.79 Å². The molecule has 0 aliphatic rings. The molecule has 0 aliphatic carbocycles. The molecule has 2 N–H and O–H groups in total. The normalized spacial score (nSPS) is 12.2. The molecule has 2 aromatic heterocycles. The number of nitrogens with zero attached hydrogens (tertiary/aromatic N) is 5. The van der Waals surface area contributed by atoms with Gasteiger partial charge in [0, 0.05) is 10.4 Å². The van der Waals surface area contributed by atoms with E-state index in [1.54, 1.807) is 18.2 Å². The molecule has 0 saturated heterocycles. The lowest BCUT2D eigenvalue weighted by Crippen LogP contribution is -2.13. The van der Waals surface area contributed by atoms with Crippen LogP contribution in [0.4, 0.5) is 11.4 Å². The quantitative estimate of drug-likeness (QED) is 0.664. The van der Waals surface area contributed by atoms with E-state index < -0.39 is 11.4 Å². The Morgan fingerprint density at radius 1 is 1.35 bits per heavy atom. The number of halogens is 1. The maximum Gasteiger partial charge on any atom is 0.375 e. The second kappa shape index (κ2) is 6.41. The number of carbonyl (C=O) groups is 1. The van der Waals surface area contributed by atoms with Crippen molar-refractivity contribution in [1.29, 1.82) is 0 Å². The van der Waals surface area contributed by atoms with Crippen molar-refractivity contribution in [3.63, 3.8) is 0 Å². The average Bonchev–Trinajstić information content (AvgIpc) is 3.11. The summed E-state index contributed by atoms with van der Waals surface area (Å²) in [6.07, 6.45) is 0. The van der Waals surface area contributed by atoms with Crippen molar-refractivity contribution in [1.82, 2.24) is 19.8 Å². The second-order valence-electron chi connectivity index (χ2n) is 6.58. The lowest BCUT2D eigenvalue weighted by atomic mass is 9.91. The van der Waals surface area contributed by atoms with Crippen LogP contribution in [0.5, 0.6) is 5.75 Å². The van der Waals surface area contributed by atoms with Crippen LogP contribution >= 0.6 is 11.6 Å². The molecule has 0 bridgehead atoms. The van der Waals surface area contributed by atoms with Gasteiger partial charge in [0.1, 0.15) is 11.4 Å². The summed E-state index contributed by atoms with van der Waals surface area (Å²) in [5.41, 5.74) is 1.38. The summed E-state index contributed by atoms with van der Waals surface area (Å²) < 4.78 is 6.47. The van der Waals surface area contributed by atoms with Gasteiger partial charge < -0.3 is 9.84 Å². The molecule has 10 heteroatoms. The first kappa shape index (κ1) is 17.9. The molecule has 0 amide bonds. The number of nitrogens with one attached hydrogen (secondary N) is 1. The molecule has 136 valence electrons. The van der Waals surface area contributed by atoms with Crippen LogP contribution in [0.1, 0.15) is 37.1 Å². The largest absolute Gasteiger partial charge is 0.494 e. The molecule has 0 fully saturated rings. The number of aromatic amines is 1. The summed E-state index contributed by atoms with van der Waals surface area (Å²) in [5.74, 6) is -0.916. The molecule has 26 heavy (non-hydrogen) atoms. The van der Waals surface area contributed by atoms with Gasteiger partial charge in [-0.3, -0.25) is 5.10 Å². The third-order valence-electron chi connectivity index (χ3n) is 3.63. The number of methoxy groups -OCH3 is 1. The van der Waals surface area contributed by atoms with Crippen LogP contribution in [0.25, 0.3) is 5.65 Å². The number of ether oxygens (including phenoxy) is 1. The number of hydrogen-bond acceptors (Lipinski definition) is 6. The summed E-state index contributed by atoms with van der Waals surface area (Å²) in [7, 11) is 1.52. The number of hydrogen-bond donors (Lipinski definition) is 2. The van der Waals surface area contributed by atoms with Gasteiger partial charge in [0.25, 0.3) is 5.82 Å². The zero-order valence-corrected chi connectivity index (χ0v) is 15.4. The minimum absolute atomic E-state index is 0.229. The predicted molar refractivity (Wildman–Crippen MR) is 95.2 cm³/mol. The number of aromatic nitrogens is 4. The Balaban J connectivity index is 2.18. The molecule has 3 rings (SSSR count). The Kier molecular flexibility index (Phi) is 4.41. The van der Waals surface area contributed by atoms with E-state index in [2.05, 4.69) is 25.5 Å². The molecule has 0 atom stereocenters. The molecule has 1 aromatic carbocycles. The summed E-state index contributed by atoms with van der Waals surface area (Å²) in [4.78, 5) is 11.3. The minimum Gasteiger partial charge on any atom is -0.494 e. The fraction of sp³-hybridized carbons (Fsp3) is 0.312. The van der Waals surface area contributed by atoms with E-state index in [1.165, 1.54) is 11.6 Å². The first-order valence-electron chi connectivity index (χ1n) is 7.68. The standard InChI is InChI=1S/C16H17ClN6O3/c1-16(2,3)12-11(13-20-21-14(15(24)25)23(13)22-12)19-18-9-7-8(17)5-6-10(9)26-4/h5-7,20H,1-4H3,(H,24,25)/b19-18+. The van der Waals surface area contributed by atoms with E-state index in [0.717, 1.165) is 0 Å². The third kappa shape index (κ3) is 3.13. The van der Waals surface area contributed by atoms with E-state index in [0.29, 0.717) is 33.5 Å². The van der Waals surface area contributed by atoms with Gasteiger partial charge in [-0.2, -0.15) is 9.61 Å². The van der Waals surface area contributed by atoms with E-state index in [4.69, 9.17) is 16.3 Å². The average molecular weight is 377 g/mol. The van der Waals surface area contributed by atoms with Crippen molar-refractivity contribution in [3.8, 4) is 5.75 Å². The molecule has 0 unspecified atom stereocenters. The van der Waals surface area contributed by atoms with Crippen LogP contribution in [-0.2, 0) is 5.41 Å². The molecular weight excluding hydrogens is 360 g/mol. The molecule has 3 aromatic rings. The van der Waals surface area contributed by atoms with Gasteiger partial charge in [0.05, 0.1) is 12.8 Å². The Morgan fingerprint density at radius 3 is 2.69 bits per heavy atom. The maximum absolute atomic E-state index is 11.3. The van der Waals surface area contributed by atoms with Gasteiger partial charge in [-0.1, -0.05) is 32.4 Å². The third-order valence-corrected chi connectivity index (χ3v) is 3.86. The highest BCUT2D eigenvalue weighted by molar-refractivity contribution is 6.30. The van der Waals surface area contributed by atoms with Crippen molar-refractivity contribution in [3.05, 3.63) is 34.7 Å². The summed E-state index contributed by atoms with van der Waals surface area (Å²) in [6.45, 7) is 5.84. The van der Waals surface area contributed by atoms with Crippen molar-refractivity contribution < 1.29 is 14.6 Å². The number of benzene rings is 1. The highest BCUT2D eigenvalue weighted by atomic mass is 35.5. The smallest absolute Gasteiger partial charge is 0.375 e. The Hall–Kier alpha value is -2.94. The maximum atomic E-state index is 11.3. The lowest BCUT2D eigenvalue weighted by molar-refractivity contribution is 0.0680. The topological polar surface area (TPSA) is 117 Å². The number of carboxylic acid groups (broad SMARTS) is 1. The van der Waals surface area contributed by atoms with E-state index in [1.807, 2.05) is 20.8 Å². The molecular formula is C16H17ClN6O3. The van der Waals surface area contributed by atoms with Gasteiger partial charge in [-0.05, 0) is 18.2 Å². The molecule has 0 spiro atoms. The summed E-state index contributed by atoms with van der Waals surface area (Å²) in [6, 6.07) is 5.00. The number of fused-ring (bicyclic) bond motifs is 1. The predicted octanol–water partition coefficient (Wildman–Crippen LogP) is 4.13. The number of H-pyrrole nitrogens is 1. The second-order valence-corrected chi connectivity index (χ2v) is 7.01. The molecule has 0 aliphatic heterocycles. The van der Waals surface area contributed by atoms with Crippen molar-refractivity contribution >= 4 is 34.6 Å². The molecule has 2 heterocycles. The van der Waals surface area contributed by atoms with Crippen LogP contribution in [0.3, 0.4) is 0 Å². The number of rotatable bonds is 4. The SMILES string of the molecule is COc1ccc(Cl)cc1/N=N/c1c(C(C)(C)C)nn2c(C(=O)O)n[nH]c12. The Labute approximate surface area is 153 Å². The fourth-order valence-corrected chi connectivity index (χ4v) is 2.57. The van der Waals surface area contributed by atoms with Crippen LogP contribution in [0.2, 0.25) is 5.02 Å². The van der Waals surface area contributed by atoms with E-state index in [9.17, 15) is 9.90 Å². The van der Waals surface area contributed by atoms with Crippen molar-refractivity contribution in [2.75, 3.05) is 7.11 Å². The molecule has 0 radical (unpaired) electrons.